The summed E-state index contributed by atoms with van der Waals surface area (Å²) in [6, 6.07) is 21.0. The highest BCUT2D eigenvalue weighted by molar-refractivity contribution is 8.18. The Morgan fingerprint density at radius 3 is 2.39 bits per heavy atom. The van der Waals surface area contributed by atoms with Gasteiger partial charge < -0.3 is 14.8 Å². The second kappa shape index (κ2) is 12.2. The molecule has 1 heterocycles. The van der Waals surface area contributed by atoms with Gasteiger partial charge in [0.25, 0.3) is 17.1 Å². The van der Waals surface area contributed by atoms with Crippen molar-refractivity contribution in [3.63, 3.8) is 0 Å². The topological polar surface area (TPSA) is 102 Å². The van der Waals surface area contributed by atoms with E-state index in [-0.39, 0.29) is 29.7 Å². The van der Waals surface area contributed by atoms with Crippen LogP contribution in [-0.2, 0) is 16.0 Å². The highest BCUT2D eigenvalue weighted by Gasteiger charge is 2.36. The van der Waals surface area contributed by atoms with Crippen LogP contribution >= 0.6 is 11.8 Å². The van der Waals surface area contributed by atoms with E-state index in [1.54, 1.807) is 54.6 Å². The average Bonchev–Trinajstić information content (AvgIpc) is 3.20. The van der Waals surface area contributed by atoms with Crippen LogP contribution in [0, 0.1) is 0 Å². The molecule has 0 aromatic heterocycles. The predicted molar refractivity (Wildman–Crippen MR) is 146 cm³/mol. The van der Waals surface area contributed by atoms with Crippen molar-refractivity contribution in [1.82, 2.24) is 4.90 Å². The van der Waals surface area contributed by atoms with Crippen LogP contribution in [0.1, 0.15) is 28.4 Å². The van der Waals surface area contributed by atoms with Crippen LogP contribution in [-0.4, -0.2) is 48.0 Å². The van der Waals surface area contributed by atoms with Gasteiger partial charge in [0, 0.05) is 11.3 Å². The second-order valence-electron chi connectivity index (χ2n) is 8.35. The highest BCUT2D eigenvalue weighted by Crippen LogP contribution is 2.34. The molecular formula is C29H26N2O6S. The lowest BCUT2D eigenvalue weighted by Crippen LogP contribution is -2.33. The molecule has 194 valence electrons. The Balaban J connectivity index is 1.39. The number of hydrogen-bond donors (Lipinski definition) is 1. The Morgan fingerprint density at radius 1 is 0.974 bits per heavy atom. The molecule has 0 atom stereocenters. The number of anilines is 1. The third-order valence-corrected chi connectivity index (χ3v) is 6.67. The standard InChI is InChI=1S/C29H26N2O6S/c1-3-19-9-12-22(13-10-19)30-27(33)18-37-24-14-11-20(15-25(24)36-2)16-26-28(34)31(29(35)38-26)17-23(32)21-7-5-4-6-8-21/h4-16H,3,17-18H2,1-2H3,(H,30,33)/b26-16-. The molecular weight excluding hydrogens is 504 g/mol. The summed E-state index contributed by atoms with van der Waals surface area (Å²) in [5, 5.41) is 2.28. The SMILES string of the molecule is CCc1ccc(NC(=O)COc2ccc(/C=C3\SC(=O)N(CC(=O)c4ccccc4)C3=O)cc2OC)cc1. The van der Waals surface area contributed by atoms with Crippen molar-refractivity contribution in [2.75, 3.05) is 25.6 Å². The number of imide groups is 1. The Kier molecular flexibility index (Phi) is 8.60. The lowest BCUT2D eigenvalue weighted by Gasteiger charge is -2.12. The maximum atomic E-state index is 12.8. The Bertz CT molecular complexity index is 1390. The first-order valence-corrected chi connectivity index (χ1v) is 12.7. The molecule has 0 bridgehead atoms. The zero-order chi connectivity index (χ0) is 27.1. The van der Waals surface area contributed by atoms with Crippen LogP contribution in [0.25, 0.3) is 6.08 Å². The van der Waals surface area contributed by atoms with Crippen LogP contribution in [0.5, 0.6) is 11.5 Å². The number of ketones is 1. The summed E-state index contributed by atoms with van der Waals surface area (Å²) >= 11 is 0.770. The fraction of sp³-hybridized carbons (Fsp3) is 0.172. The monoisotopic (exact) mass is 530 g/mol. The molecule has 3 aromatic carbocycles. The summed E-state index contributed by atoms with van der Waals surface area (Å²) in [4.78, 5) is 51.2. The first kappa shape index (κ1) is 26.7. The number of Topliss-reactive ketones (excluding diaryl/α,β-unsaturated/α-hetero) is 1. The van der Waals surface area contributed by atoms with Crippen molar-refractivity contribution in [1.29, 1.82) is 0 Å². The van der Waals surface area contributed by atoms with E-state index < -0.39 is 11.1 Å². The van der Waals surface area contributed by atoms with Gasteiger partial charge in [-0.1, -0.05) is 55.5 Å². The van der Waals surface area contributed by atoms with E-state index in [9.17, 15) is 19.2 Å². The van der Waals surface area contributed by atoms with Crippen molar-refractivity contribution < 1.29 is 28.7 Å². The summed E-state index contributed by atoms with van der Waals surface area (Å²) in [6.45, 7) is 1.51. The van der Waals surface area contributed by atoms with E-state index in [0.717, 1.165) is 23.1 Å². The van der Waals surface area contributed by atoms with Crippen molar-refractivity contribution in [2.24, 2.45) is 0 Å². The van der Waals surface area contributed by atoms with Crippen molar-refractivity contribution >= 4 is 46.4 Å². The van der Waals surface area contributed by atoms with Gasteiger partial charge in [0.2, 0.25) is 0 Å². The number of thioether (sulfide) groups is 1. The van der Waals surface area contributed by atoms with Crippen LogP contribution in [0.4, 0.5) is 10.5 Å². The molecule has 1 N–H and O–H groups in total. The van der Waals surface area contributed by atoms with E-state index >= 15 is 0 Å². The van der Waals surface area contributed by atoms with Crippen molar-refractivity contribution in [3.05, 3.63) is 94.4 Å². The third-order valence-electron chi connectivity index (χ3n) is 5.76. The minimum atomic E-state index is -0.535. The van der Waals surface area contributed by atoms with Gasteiger partial charge in [-0.25, -0.2) is 0 Å². The van der Waals surface area contributed by atoms with Gasteiger partial charge in [0.05, 0.1) is 18.6 Å². The quantitative estimate of drug-likeness (QED) is 0.284. The fourth-order valence-corrected chi connectivity index (χ4v) is 4.54. The molecule has 38 heavy (non-hydrogen) atoms. The molecule has 0 radical (unpaired) electrons. The molecule has 8 nitrogen and oxygen atoms in total. The molecule has 1 saturated heterocycles. The third kappa shape index (κ3) is 6.49. The number of carbonyl (C=O) groups is 4. The number of benzene rings is 3. The van der Waals surface area contributed by atoms with E-state index in [2.05, 4.69) is 12.2 Å². The molecule has 0 spiro atoms. The molecule has 1 aliphatic rings. The van der Waals surface area contributed by atoms with Crippen molar-refractivity contribution in [3.8, 4) is 11.5 Å². The van der Waals surface area contributed by atoms with Crippen LogP contribution in [0.2, 0.25) is 0 Å². The molecule has 3 amide bonds. The number of aryl methyl sites for hydroxylation is 1. The minimum Gasteiger partial charge on any atom is -0.493 e. The largest absolute Gasteiger partial charge is 0.493 e. The summed E-state index contributed by atoms with van der Waals surface area (Å²) in [7, 11) is 1.46. The zero-order valence-corrected chi connectivity index (χ0v) is 21.7. The minimum absolute atomic E-state index is 0.194. The number of ether oxygens (including phenoxy) is 2. The molecule has 0 saturated carbocycles. The van der Waals surface area contributed by atoms with Gasteiger partial charge in [0.1, 0.15) is 0 Å². The lowest BCUT2D eigenvalue weighted by atomic mass is 10.1. The van der Waals surface area contributed by atoms with Gasteiger partial charge in [-0.2, -0.15) is 0 Å². The molecule has 1 fully saturated rings. The number of nitrogens with zero attached hydrogens (tertiary/aromatic N) is 1. The number of nitrogens with one attached hydrogen (secondary N) is 1. The van der Waals surface area contributed by atoms with Gasteiger partial charge in [-0.15, -0.1) is 0 Å². The van der Waals surface area contributed by atoms with Crippen LogP contribution in [0.15, 0.2) is 77.7 Å². The maximum absolute atomic E-state index is 12.8. The number of amides is 3. The average molecular weight is 531 g/mol. The second-order valence-corrected chi connectivity index (χ2v) is 9.35. The van der Waals surface area contributed by atoms with E-state index in [1.165, 1.54) is 12.7 Å². The van der Waals surface area contributed by atoms with E-state index in [1.807, 2.05) is 24.3 Å². The van der Waals surface area contributed by atoms with Crippen molar-refractivity contribution in [2.45, 2.75) is 13.3 Å². The highest BCUT2D eigenvalue weighted by atomic mass is 32.2. The van der Waals surface area contributed by atoms with Gasteiger partial charge in [-0.3, -0.25) is 24.1 Å². The number of hydrogen-bond acceptors (Lipinski definition) is 7. The number of carbonyl (C=O) groups excluding carboxylic acids is 4. The van der Waals surface area contributed by atoms with Gasteiger partial charge in [-0.05, 0) is 59.7 Å². The van der Waals surface area contributed by atoms with Gasteiger partial charge in [0.15, 0.2) is 23.9 Å². The summed E-state index contributed by atoms with van der Waals surface area (Å²) < 4.78 is 11.0. The smallest absolute Gasteiger partial charge is 0.293 e. The molecule has 3 aromatic rings. The Hall–Kier alpha value is -4.37. The Labute approximate surface area is 224 Å². The zero-order valence-electron chi connectivity index (χ0n) is 20.9. The molecule has 0 aliphatic carbocycles. The summed E-state index contributed by atoms with van der Waals surface area (Å²) in [5.41, 5.74) is 2.88. The van der Waals surface area contributed by atoms with Crippen LogP contribution in [0.3, 0.4) is 0 Å². The molecule has 1 aliphatic heterocycles. The molecule has 4 rings (SSSR count). The number of methoxy groups -OCH3 is 1. The van der Waals surface area contributed by atoms with Gasteiger partial charge >= 0.3 is 0 Å². The molecule has 9 heteroatoms. The lowest BCUT2D eigenvalue weighted by molar-refractivity contribution is -0.122. The summed E-state index contributed by atoms with van der Waals surface area (Å²) in [6.07, 6.45) is 2.47. The first-order valence-electron chi connectivity index (χ1n) is 11.9. The predicted octanol–water partition coefficient (Wildman–Crippen LogP) is 5.19. The normalized spacial score (nSPS) is 14.1. The Morgan fingerprint density at radius 2 is 1.71 bits per heavy atom. The van der Waals surface area contributed by atoms with Crippen LogP contribution < -0.4 is 14.8 Å². The van der Waals surface area contributed by atoms with E-state index in [0.29, 0.717) is 28.3 Å². The number of rotatable bonds is 10. The summed E-state index contributed by atoms with van der Waals surface area (Å²) in [5.74, 6) is -0.467. The fourth-order valence-electron chi connectivity index (χ4n) is 3.70. The van der Waals surface area contributed by atoms with E-state index in [4.69, 9.17) is 9.47 Å². The molecule has 0 unspecified atom stereocenters. The maximum Gasteiger partial charge on any atom is 0.293 e. The first-order chi connectivity index (χ1) is 18.4.